The number of halogens is 3. The fourth-order valence-electron chi connectivity index (χ4n) is 4.33. The molecule has 0 bridgehead atoms. The van der Waals surface area contributed by atoms with Gasteiger partial charge in [-0.3, -0.25) is 14.4 Å². The molecule has 2 fully saturated rings. The SMILES string of the molecule is O=C(NCc1cccc(C(F)(F)F)c1)c1cn(C2CC2)cc(C(=O)NC2CCCCCC2)c1=O. The van der Waals surface area contributed by atoms with Crippen molar-refractivity contribution in [3.8, 4) is 0 Å². The number of amides is 2. The van der Waals surface area contributed by atoms with E-state index < -0.39 is 29.0 Å². The summed E-state index contributed by atoms with van der Waals surface area (Å²) in [5.41, 5.74) is -1.50. The van der Waals surface area contributed by atoms with E-state index in [1.165, 1.54) is 24.5 Å². The van der Waals surface area contributed by atoms with Crippen LogP contribution in [0.15, 0.2) is 41.5 Å². The minimum Gasteiger partial charge on any atom is -0.349 e. The maximum absolute atomic E-state index is 13.1. The zero-order valence-corrected chi connectivity index (χ0v) is 18.8. The predicted molar refractivity (Wildman–Crippen MR) is 121 cm³/mol. The van der Waals surface area contributed by atoms with Crippen molar-refractivity contribution >= 4 is 11.8 Å². The highest BCUT2D eigenvalue weighted by atomic mass is 19.4. The lowest BCUT2D eigenvalue weighted by atomic mass is 10.1. The highest BCUT2D eigenvalue weighted by Gasteiger charge is 2.31. The van der Waals surface area contributed by atoms with Gasteiger partial charge in [-0.1, -0.05) is 37.8 Å². The van der Waals surface area contributed by atoms with Gasteiger partial charge in [0.25, 0.3) is 11.8 Å². The maximum atomic E-state index is 13.1. The summed E-state index contributed by atoms with van der Waals surface area (Å²) in [6.07, 6.45) is 6.25. The first-order chi connectivity index (χ1) is 16.2. The topological polar surface area (TPSA) is 80.2 Å². The molecule has 0 unspecified atom stereocenters. The average Bonchev–Trinajstić information content (AvgIpc) is 3.65. The maximum Gasteiger partial charge on any atom is 0.416 e. The Morgan fingerprint density at radius 1 is 0.941 bits per heavy atom. The third kappa shape index (κ3) is 5.87. The number of pyridine rings is 1. The molecule has 0 aliphatic heterocycles. The second kappa shape index (κ2) is 10.0. The van der Waals surface area contributed by atoms with Crippen LogP contribution in [0.3, 0.4) is 0 Å². The van der Waals surface area contributed by atoms with Gasteiger partial charge in [-0.25, -0.2) is 0 Å². The molecule has 182 valence electrons. The Kier molecular flexibility index (Phi) is 7.09. The number of nitrogens with zero attached hydrogens (tertiary/aromatic N) is 1. The molecule has 2 saturated carbocycles. The van der Waals surface area contributed by atoms with Crippen LogP contribution in [0, 0.1) is 0 Å². The Balaban J connectivity index is 1.53. The second-order valence-electron chi connectivity index (χ2n) is 9.14. The summed E-state index contributed by atoms with van der Waals surface area (Å²) in [4.78, 5) is 38.9. The first-order valence-corrected chi connectivity index (χ1v) is 11.7. The molecule has 2 aliphatic carbocycles. The van der Waals surface area contributed by atoms with Gasteiger partial charge >= 0.3 is 6.18 Å². The van der Waals surface area contributed by atoms with Crippen LogP contribution in [0.1, 0.15) is 89.3 Å². The summed E-state index contributed by atoms with van der Waals surface area (Å²) >= 11 is 0. The molecular weight excluding hydrogens is 447 g/mol. The Labute approximate surface area is 195 Å². The second-order valence-corrected chi connectivity index (χ2v) is 9.14. The number of rotatable bonds is 6. The first-order valence-electron chi connectivity index (χ1n) is 11.7. The van der Waals surface area contributed by atoms with Crippen LogP contribution in [0.2, 0.25) is 0 Å². The van der Waals surface area contributed by atoms with Crippen molar-refractivity contribution in [3.63, 3.8) is 0 Å². The van der Waals surface area contributed by atoms with Crippen molar-refractivity contribution in [3.05, 3.63) is 69.1 Å². The van der Waals surface area contributed by atoms with Gasteiger partial charge < -0.3 is 15.2 Å². The van der Waals surface area contributed by atoms with Crippen molar-refractivity contribution in [2.45, 2.75) is 76.2 Å². The van der Waals surface area contributed by atoms with Crippen molar-refractivity contribution < 1.29 is 22.8 Å². The molecule has 0 atom stereocenters. The normalized spacial score (nSPS) is 17.1. The van der Waals surface area contributed by atoms with E-state index in [2.05, 4.69) is 10.6 Å². The molecule has 1 aromatic heterocycles. The average molecular weight is 476 g/mol. The Morgan fingerprint density at radius 3 is 2.21 bits per heavy atom. The Morgan fingerprint density at radius 2 is 1.59 bits per heavy atom. The number of alkyl halides is 3. The van der Waals surface area contributed by atoms with Gasteiger partial charge in [0.15, 0.2) is 0 Å². The third-order valence-electron chi connectivity index (χ3n) is 6.40. The summed E-state index contributed by atoms with van der Waals surface area (Å²) in [7, 11) is 0. The van der Waals surface area contributed by atoms with Gasteiger partial charge in [-0.15, -0.1) is 0 Å². The molecule has 4 rings (SSSR count). The molecule has 34 heavy (non-hydrogen) atoms. The van der Waals surface area contributed by atoms with E-state index in [0.717, 1.165) is 63.5 Å². The number of carbonyl (C=O) groups is 2. The molecule has 0 radical (unpaired) electrons. The molecule has 6 nitrogen and oxygen atoms in total. The quantitative estimate of drug-likeness (QED) is 0.600. The molecule has 2 aliphatic rings. The van der Waals surface area contributed by atoms with Gasteiger partial charge in [0.05, 0.1) is 5.56 Å². The fourth-order valence-corrected chi connectivity index (χ4v) is 4.33. The number of hydrogen-bond donors (Lipinski definition) is 2. The van der Waals surface area contributed by atoms with Crippen LogP contribution < -0.4 is 16.1 Å². The van der Waals surface area contributed by atoms with E-state index in [1.807, 2.05) is 0 Å². The van der Waals surface area contributed by atoms with Gasteiger partial charge in [0, 0.05) is 31.0 Å². The third-order valence-corrected chi connectivity index (χ3v) is 6.40. The van der Waals surface area contributed by atoms with Crippen LogP contribution >= 0.6 is 0 Å². The minimum absolute atomic E-state index is 0.00201. The standard InChI is InChI=1S/C25H28F3N3O3/c26-25(27,28)17-7-5-6-16(12-17)13-29-23(33)20-14-31(19-10-11-19)15-21(22(20)32)24(34)30-18-8-3-1-2-4-9-18/h5-7,12,14-15,18-19H,1-4,8-11,13H2,(H,29,33)(H,30,34). The number of benzene rings is 1. The Bertz CT molecular complexity index is 1110. The zero-order chi connectivity index (χ0) is 24.3. The number of carbonyl (C=O) groups excluding carboxylic acids is 2. The van der Waals surface area contributed by atoms with Crippen LogP contribution in [0.4, 0.5) is 13.2 Å². The molecular formula is C25H28F3N3O3. The summed E-state index contributed by atoms with van der Waals surface area (Å²) < 4.78 is 40.6. The van der Waals surface area contributed by atoms with E-state index >= 15 is 0 Å². The molecule has 1 heterocycles. The first kappa shape index (κ1) is 24.0. The van der Waals surface area contributed by atoms with Gasteiger partial charge in [-0.2, -0.15) is 13.2 Å². The molecule has 9 heteroatoms. The van der Waals surface area contributed by atoms with Crippen LogP contribution in [-0.2, 0) is 12.7 Å². The van der Waals surface area contributed by atoms with E-state index in [0.29, 0.717) is 0 Å². The van der Waals surface area contributed by atoms with E-state index in [9.17, 15) is 27.6 Å². The largest absolute Gasteiger partial charge is 0.416 e. The Hall–Kier alpha value is -3.10. The number of hydrogen-bond acceptors (Lipinski definition) is 3. The minimum atomic E-state index is -4.49. The van der Waals surface area contributed by atoms with Gasteiger partial charge in [0.1, 0.15) is 11.1 Å². The van der Waals surface area contributed by atoms with Crippen LogP contribution in [-0.4, -0.2) is 22.4 Å². The molecule has 0 spiro atoms. The zero-order valence-electron chi connectivity index (χ0n) is 18.8. The number of nitrogens with one attached hydrogen (secondary N) is 2. The fraction of sp³-hybridized carbons (Fsp3) is 0.480. The molecule has 2 N–H and O–H groups in total. The van der Waals surface area contributed by atoms with Crippen molar-refractivity contribution in [1.82, 2.24) is 15.2 Å². The molecule has 2 aromatic rings. The van der Waals surface area contributed by atoms with E-state index in [1.54, 1.807) is 4.57 Å². The number of aromatic nitrogens is 1. The lowest BCUT2D eigenvalue weighted by molar-refractivity contribution is -0.137. The highest BCUT2D eigenvalue weighted by Crippen LogP contribution is 2.34. The van der Waals surface area contributed by atoms with Crippen molar-refractivity contribution in [2.24, 2.45) is 0 Å². The molecule has 0 saturated heterocycles. The van der Waals surface area contributed by atoms with E-state index in [4.69, 9.17) is 0 Å². The lowest BCUT2D eigenvalue weighted by Gasteiger charge is -2.17. The van der Waals surface area contributed by atoms with Gasteiger partial charge in [-0.05, 0) is 43.4 Å². The lowest BCUT2D eigenvalue weighted by Crippen LogP contribution is -2.39. The van der Waals surface area contributed by atoms with Crippen LogP contribution in [0.5, 0.6) is 0 Å². The predicted octanol–water partition coefficient (Wildman–Crippen LogP) is 4.58. The van der Waals surface area contributed by atoms with Crippen LogP contribution in [0.25, 0.3) is 0 Å². The summed E-state index contributed by atoms with van der Waals surface area (Å²) in [5.74, 6) is -1.21. The van der Waals surface area contributed by atoms with Crippen molar-refractivity contribution in [1.29, 1.82) is 0 Å². The molecule has 2 amide bonds. The summed E-state index contributed by atoms with van der Waals surface area (Å²) in [6, 6.07) is 4.77. The highest BCUT2D eigenvalue weighted by molar-refractivity contribution is 5.99. The summed E-state index contributed by atoms with van der Waals surface area (Å²) in [6.45, 7) is -0.176. The smallest absolute Gasteiger partial charge is 0.349 e. The monoisotopic (exact) mass is 475 g/mol. The molecule has 1 aromatic carbocycles. The summed E-state index contributed by atoms with van der Waals surface area (Å²) in [5, 5.41) is 5.48. The van der Waals surface area contributed by atoms with Gasteiger partial charge in [0.2, 0.25) is 5.43 Å². The van der Waals surface area contributed by atoms with E-state index in [-0.39, 0.29) is 35.3 Å². The van der Waals surface area contributed by atoms with Crippen molar-refractivity contribution in [2.75, 3.05) is 0 Å².